The fraction of sp³-hybridized carbons (Fsp3) is 0.773. The molecule has 3 aliphatic heterocycles. The SMILES string of the molecule is CN1CC(C(=O)N2CCCC([C@@H]3C[C@H](C(F)F)n4nc(C(C)(C)C)cc4N3)C2)CC1=O. The van der Waals surface area contributed by atoms with Crippen LogP contribution in [0.15, 0.2) is 6.07 Å². The second-order valence-corrected chi connectivity index (χ2v) is 10.4. The van der Waals surface area contributed by atoms with E-state index in [1.54, 1.807) is 11.9 Å². The Morgan fingerprint density at radius 1 is 1.29 bits per heavy atom. The van der Waals surface area contributed by atoms with Gasteiger partial charge in [0.05, 0.1) is 11.6 Å². The first-order valence-electron chi connectivity index (χ1n) is 11.2. The van der Waals surface area contributed by atoms with E-state index < -0.39 is 12.5 Å². The molecule has 2 fully saturated rings. The van der Waals surface area contributed by atoms with Crippen molar-refractivity contribution < 1.29 is 18.4 Å². The van der Waals surface area contributed by atoms with Gasteiger partial charge in [0.15, 0.2) is 0 Å². The maximum absolute atomic E-state index is 13.9. The molecule has 2 unspecified atom stereocenters. The molecule has 0 saturated carbocycles. The topological polar surface area (TPSA) is 70.5 Å². The third-order valence-electron chi connectivity index (χ3n) is 6.97. The summed E-state index contributed by atoms with van der Waals surface area (Å²) < 4.78 is 29.3. The van der Waals surface area contributed by atoms with Crippen molar-refractivity contribution in [2.45, 2.75) is 70.4 Å². The van der Waals surface area contributed by atoms with Crippen LogP contribution >= 0.6 is 0 Å². The number of nitrogens with zero attached hydrogens (tertiary/aromatic N) is 4. The van der Waals surface area contributed by atoms with Gasteiger partial charge in [-0.15, -0.1) is 0 Å². The number of rotatable bonds is 3. The molecule has 2 amide bonds. The highest BCUT2D eigenvalue weighted by Crippen LogP contribution is 2.38. The summed E-state index contributed by atoms with van der Waals surface area (Å²) in [6.07, 6.45) is -0.219. The Bertz CT molecular complexity index is 849. The normalized spacial score (nSPS) is 29.3. The van der Waals surface area contributed by atoms with Crippen LogP contribution in [0.1, 0.15) is 58.2 Å². The van der Waals surface area contributed by atoms with Crippen molar-refractivity contribution in [1.82, 2.24) is 19.6 Å². The lowest BCUT2D eigenvalue weighted by Crippen LogP contribution is -2.49. The Morgan fingerprint density at radius 2 is 2.03 bits per heavy atom. The Kier molecular flexibility index (Phi) is 5.72. The summed E-state index contributed by atoms with van der Waals surface area (Å²) in [6, 6.07) is 0.775. The van der Waals surface area contributed by atoms with Crippen LogP contribution in [0, 0.1) is 11.8 Å². The quantitative estimate of drug-likeness (QED) is 0.790. The van der Waals surface area contributed by atoms with E-state index in [1.165, 1.54) is 4.68 Å². The fourth-order valence-corrected chi connectivity index (χ4v) is 5.08. The van der Waals surface area contributed by atoms with Crippen molar-refractivity contribution in [1.29, 1.82) is 0 Å². The number of halogens is 2. The summed E-state index contributed by atoms with van der Waals surface area (Å²) in [5.74, 6) is 0.459. The van der Waals surface area contributed by atoms with Gasteiger partial charge in [0.2, 0.25) is 11.8 Å². The molecule has 0 bridgehead atoms. The molecule has 0 spiro atoms. The summed E-state index contributed by atoms with van der Waals surface area (Å²) in [7, 11) is 1.72. The average Bonchev–Trinajstić information content (AvgIpc) is 3.30. The minimum Gasteiger partial charge on any atom is -0.367 e. The Labute approximate surface area is 182 Å². The molecule has 1 aromatic heterocycles. The van der Waals surface area contributed by atoms with Crippen LogP contribution in [0.4, 0.5) is 14.6 Å². The largest absolute Gasteiger partial charge is 0.367 e. The van der Waals surface area contributed by atoms with Gasteiger partial charge < -0.3 is 15.1 Å². The van der Waals surface area contributed by atoms with E-state index in [2.05, 4.69) is 10.4 Å². The third-order valence-corrected chi connectivity index (χ3v) is 6.97. The fourth-order valence-electron chi connectivity index (χ4n) is 5.08. The number of likely N-dealkylation sites (tertiary alicyclic amines) is 2. The van der Waals surface area contributed by atoms with Crippen molar-refractivity contribution in [3.63, 3.8) is 0 Å². The second-order valence-electron chi connectivity index (χ2n) is 10.4. The molecule has 0 aromatic carbocycles. The minimum absolute atomic E-state index is 0.00328. The number of carbonyl (C=O) groups excluding carboxylic acids is 2. The summed E-state index contributed by atoms with van der Waals surface area (Å²) in [5, 5.41) is 7.94. The summed E-state index contributed by atoms with van der Waals surface area (Å²) in [6.45, 7) is 7.73. The van der Waals surface area contributed by atoms with Gasteiger partial charge in [-0.25, -0.2) is 13.5 Å². The van der Waals surface area contributed by atoms with Crippen LogP contribution in [0.5, 0.6) is 0 Å². The number of fused-ring (bicyclic) bond motifs is 1. The summed E-state index contributed by atoms with van der Waals surface area (Å²) in [4.78, 5) is 28.3. The first kappa shape index (κ1) is 22.0. The number of amides is 2. The van der Waals surface area contributed by atoms with Crippen LogP contribution in [0.2, 0.25) is 0 Å². The van der Waals surface area contributed by atoms with E-state index in [4.69, 9.17) is 0 Å². The van der Waals surface area contributed by atoms with Crippen LogP contribution in [0.3, 0.4) is 0 Å². The van der Waals surface area contributed by atoms with E-state index in [1.807, 2.05) is 31.7 Å². The van der Waals surface area contributed by atoms with Crippen molar-refractivity contribution in [2.75, 3.05) is 32.0 Å². The molecule has 172 valence electrons. The molecule has 0 aliphatic carbocycles. The molecule has 3 aliphatic rings. The minimum atomic E-state index is -2.50. The smallest absolute Gasteiger partial charge is 0.260 e. The summed E-state index contributed by atoms with van der Waals surface area (Å²) in [5.41, 5.74) is 0.561. The van der Waals surface area contributed by atoms with Gasteiger partial charge in [-0.2, -0.15) is 5.10 Å². The van der Waals surface area contributed by atoms with Crippen molar-refractivity contribution in [3.8, 4) is 0 Å². The van der Waals surface area contributed by atoms with Crippen LogP contribution in [-0.2, 0) is 15.0 Å². The second kappa shape index (κ2) is 8.06. The zero-order chi connectivity index (χ0) is 22.5. The van der Waals surface area contributed by atoms with E-state index >= 15 is 0 Å². The first-order chi connectivity index (χ1) is 14.5. The van der Waals surface area contributed by atoms with Gasteiger partial charge in [-0.1, -0.05) is 20.8 Å². The zero-order valence-electron chi connectivity index (χ0n) is 18.8. The van der Waals surface area contributed by atoms with E-state index in [0.29, 0.717) is 25.5 Å². The maximum Gasteiger partial charge on any atom is 0.260 e. The molecule has 9 heteroatoms. The van der Waals surface area contributed by atoms with Crippen molar-refractivity contribution in [2.24, 2.45) is 11.8 Å². The lowest BCUT2D eigenvalue weighted by Gasteiger charge is -2.41. The molecule has 2 saturated heterocycles. The van der Waals surface area contributed by atoms with E-state index in [-0.39, 0.29) is 47.9 Å². The Hall–Kier alpha value is -2.19. The van der Waals surface area contributed by atoms with Crippen LogP contribution < -0.4 is 5.32 Å². The van der Waals surface area contributed by atoms with Gasteiger partial charge in [0.1, 0.15) is 11.9 Å². The average molecular weight is 438 g/mol. The van der Waals surface area contributed by atoms with Gasteiger partial charge in [-0.3, -0.25) is 9.59 Å². The molecular weight excluding hydrogens is 404 g/mol. The van der Waals surface area contributed by atoms with Crippen LogP contribution in [0.25, 0.3) is 0 Å². The number of aromatic nitrogens is 2. The highest BCUT2D eigenvalue weighted by atomic mass is 19.3. The van der Waals surface area contributed by atoms with Gasteiger partial charge in [-0.05, 0) is 25.2 Å². The van der Waals surface area contributed by atoms with Crippen LogP contribution in [-0.4, -0.2) is 70.5 Å². The van der Waals surface area contributed by atoms with E-state index in [9.17, 15) is 18.4 Å². The monoisotopic (exact) mass is 437 g/mol. The molecule has 7 nitrogen and oxygen atoms in total. The number of hydrogen-bond acceptors (Lipinski definition) is 4. The molecule has 1 N–H and O–H groups in total. The standard InChI is InChI=1S/C22H33F2N5O2/c1-22(2,3)17-10-18-25-15(9-16(20(23)24)29(18)26-17)13-6-5-7-28(12-13)21(31)14-8-19(30)27(4)11-14/h10,13-16,20,25H,5-9,11-12H2,1-4H3/t13?,14?,15-,16+/m0/s1. The maximum atomic E-state index is 13.9. The molecule has 0 radical (unpaired) electrons. The number of anilines is 1. The highest BCUT2D eigenvalue weighted by Gasteiger charge is 2.41. The van der Waals surface area contributed by atoms with Gasteiger partial charge in [0.25, 0.3) is 6.43 Å². The molecule has 4 atom stereocenters. The molecule has 1 aromatic rings. The zero-order valence-corrected chi connectivity index (χ0v) is 18.8. The molecule has 4 heterocycles. The molecule has 4 rings (SSSR count). The number of hydrogen-bond donors (Lipinski definition) is 1. The Balaban J connectivity index is 1.49. The van der Waals surface area contributed by atoms with Crippen molar-refractivity contribution in [3.05, 3.63) is 11.8 Å². The highest BCUT2D eigenvalue weighted by molar-refractivity contribution is 5.89. The number of nitrogens with one attached hydrogen (secondary N) is 1. The summed E-state index contributed by atoms with van der Waals surface area (Å²) >= 11 is 0. The van der Waals surface area contributed by atoms with Gasteiger partial charge in [0, 0.05) is 50.6 Å². The number of piperidine rings is 1. The number of alkyl halides is 2. The van der Waals surface area contributed by atoms with Gasteiger partial charge >= 0.3 is 0 Å². The molecular formula is C22H33F2N5O2. The van der Waals surface area contributed by atoms with Crippen molar-refractivity contribution >= 4 is 17.6 Å². The first-order valence-corrected chi connectivity index (χ1v) is 11.2. The third kappa shape index (κ3) is 4.28. The van der Waals surface area contributed by atoms with E-state index in [0.717, 1.165) is 18.5 Å². The lowest BCUT2D eigenvalue weighted by molar-refractivity contribution is -0.137. The predicted octanol–water partition coefficient (Wildman–Crippen LogP) is 2.89. The number of carbonyl (C=O) groups is 2. The predicted molar refractivity (Wildman–Crippen MR) is 113 cm³/mol. The lowest BCUT2D eigenvalue weighted by atomic mass is 9.85. The Morgan fingerprint density at radius 3 is 2.65 bits per heavy atom. The molecule has 31 heavy (non-hydrogen) atoms.